The number of hydrogen-bond donors (Lipinski definition) is 1. The third-order valence-corrected chi connectivity index (χ3v) is 5.99. The van der Waals surface area contributed by atoms with Gasteiger partial charge in [0.15, 0.2) is 0 Å². The zero-order valence-electron chi connectivity index (χ0n) is 16.2. The summed E-state index contributed by atoms with van der Waals surface area (Å²) in [7, 11) is 1.58. The molecule has 1 unspecified atom stereocenters. The lowest BCUT2D eigenvalue weighted by molar-refractivity contribution is -0.115. The minimum absolute atomic E-state index is 0.0168. The SMILES string of the molecule is COc1ccccc1N1C(=O)CSC1c1ccc(NC(=O)c2ccc(F)cc2)cc1. The molecular formula is C23H19FN2O3S. The molecule has 1 saturated heterocycles. The van der Waals surface area contributed by atoms with Crippen molar-refractivity contribution in [1.82, 2.24) is 0 Å². The van der Waals surface area contributed by atoms with Crippen LogP contribution in [-0.2, 0) is 4.79 Å². The topological polar surface area (TPSA) is 58.6 Å². The number of methoxy groups -OCH3 is 1. The van der Waals surface area contributed by atoms with Crippen LogP contribution in [0, 0.1) is 5.82 Å². The van der Waals surface area contributed by atoms with Gasteiger partial charge in [0.2, 0.25) is 5.91 Å². The summed E-state index contributed by atoms with van der Waals surface area (Å²) in [4.78, 5) is 26.6. The van der Waals surface area contributed by atoms with Gasteiger partial charge in [-0.15, -0.1) is 11.8 Å². The third kappa shape index (κ3) is 4.02. The van der Waals surface area contributed by atoms with Gasteiger partial charge in [0.05, 0.1) is 18.6 Å². The molecule has 7 heteroatoms. The fourth-order valence-corrected chi connectivity index (χ4v) is 4.46. The van der Waals surface area contributed by atoms with Crippen LogP contribution >= 0.6 is 11.8 Å². The molecule has 1 atom stereocenters. The van der Waals surface area contributed by atoms with E-state index in [1.807, 2.05) is 36.4 Å². The van der Waals surface area contributed by atoms with Crippen molar-refractivity contribution in [2.24, 2.45) is 0 Å². The summed E-state index contributed by atoms with van der Waals surface area (Å²) in [5, 5.41) is 2.61. The first-order chi connectivity index (χ1) is 14.6. The van der Waals surface area contributed by atoms with Gasteiger partial charge in [0.1, 0.15) is 16.9 Å². The molecule has 0 radical (unpaired) electrons. The maximum absolute atomic E-state index is 13.0. The predicted octanol–water partition coefficient (Wildman–Crippen LogP) is 4.87. The van der Waals surface area contributed by atoms with Crippen LogP contribution in [0.15, 0.2) is 72.8 Å². The Bertz CT molecular complexity index is 1070. The first-order valence-electron chi connectivity index (χ1n) is 9.30. The van der Waals surface area contributed by atoms with Gasteiger partial charge in [0.25, 0.3) is 5.91 Å². The standard InChI is InChI=1S/C23H19FN2O3S/c1-29-20-5-3-2-4-19(20)26-21(27)14-30-23(26)16-8-12-18(13-9-16)25-22(28)15-6-10-17(24)11-7-15/h2-13,23H,14H2,1H3,(H,25,28). The number of thioether (sulfide) groups is 1. The van der Waals surface area contributed by atoms with Gasteiger partial charge < -0.3 is 10.1 Å². The Morgan fingerprint density at radius 2 is 1.77 bits per heavy atom. The molecule has 0 aromatic heterocycles. The molecule has 30 heavy (non-hydrogen) atoms. The molecule has 1 aliphatic rings. The Morgan fingerprint density at radius 3 is 2.47 bits per heavy atom. The summed E-state index contributed by atoms with van der Waals surface area (Å²) in [6, 6.07) is 20.2. The Labute approximate surface area is 177 Å². The van der Waals surface area contributed by atoms with Crippen LogP contribution in [0.3, 0.4) is 0 Å². The first-order valence-corrected chi connectivity index (χ1v) is 10.4. The zero-order chi connectivity index (χ0) is 21.1. The highest BCUT2D eigenvalue weighted by Crippen LogP contribution is 2.44. The van der Waals surface area contributed by atoms with E-state index in [4.69, 9.17) is 4.74 Å². The van der Waals surface area contributed by atoms with E-state index in [1.54, 1.807) is 35.9 Å². The molecule has 3 aromatic rings. The highest BCUT2D eigenvalue weighted by molar-refractivity contribution is 8.00. The number of benzene rings is 3. The number of halogens is 1. The number of ether oxygens (including phenoxy) is 1. The fraction of sp³-hybridized carbons (Fsp3) is 0.130. The van der Waals surface area contributed by atoms with Crippen LogP contribution in [0.4, 0.5) is 15.8 Å². The molecule has 0 aliphatic carbocycles. The summed E-state index contributed by atoms with van der Waals surface area (Å²) in [6.45, 7) is 0. The number of anilines is 2. The summed E-state index contributed by atoms with van der Waals surface area (Å²) in [5.74, 6) is 0.332. The molecule has 1 aliphatic heterocycles. The number of carbonyl (C=O) groups is 2. The normalized spacial score (nSPS) is 15.9. The third-order valence-electron chi connectivity index (χ3n) is 4.77. The number of nitrogens with zero attached hydrogens (tertiary/aromatic N) is 1. The van der Waals surface area contributed by atoms with E-state index in [2.05, 4.69) is 5.32 Å². The minimum atomic E-state index is -0.390. The van der Waals surface area contributed by atoms with Crippen LogP contribution in [-0.4, -0.2) is 24.7 Å². The van der Waals surface area contributed by atoms with Crippen molar-refractivity contribution in [3.63, 3.8) is 0 Å². The second kappa shape index (κ2) is 8.59. The lowest BCUT2D eigenvalue weighted by atomic mass is 10.1. The van der Waals surface area contributed by atoms with E-state index in [1.165, 1.54) is 24.3 Å². The van der Waals surface area contributed by atoms with E-state index in [0.29, 0.717) is 22.8 Å². The second-order valence-corrected chi connectivity index (χ2v) is 7.75. The second-order valence-electron chi connectivity index (χ2n) is 6.68. The number of para-hydroxylation sites is 2. The van der Waals surface area contributed by atoms with Gasteiger partial charge in [-0.25, -0.2) is 4.39 Å². The first kappa shape index (κ1) is 20.0. The van der Waals surface area contributed by atoms with Gasteiger partial charge in [-0.1, -0.05) is 24.3 Å². The summed E-state index contributed by atoms with van der Waals surface area (Å²) in [6.07, 6.45) is 0. The predicted molar refractivity (Wildman–Crippen MR) is 116 cm³/mol. The maximum Gasteiger partial charge on any atom is 0.255 e. The van der Waals surface area contributed by atoms with Crippen LogP contribution in [0.1, 0.15) is 21.3 Å². The van der Waals surface area contributed by atoms with E-state index in [0.717, 1.165) is 11.3 Å². The maximum atomic E-state index is 13.0. The van der Waals surface area contributed by atoms with Gasteiger partial charge in [0, 0.05) is 11.3 Å². The van der Waals surface area contributed by atoms with E-state index >= 15 is 0 Å². The van der Waals surface area contributed by atoms with E-state index in [-0.39, 0.29) is 23.0 Å². The summed E-state index contributed by atoms with van der Waals surface area (Å²) < 4.78 is 18.5. The van der Waals surface area contributed by atoms with Crippen molar-refractivity contribution in [1.29, 1.82) is 0 Å². The van der Waals surface area contributed by atoms with Gasteiger partial charge in [-0.3, -0.25) is 14.5 Å². The highest BCUT2D eigenvalue weighted by atomic mass is 32.2. The quantitative estimate of drug-likeness (QED) is 0.638. The van der Waals surface area contributed by atoms with Gasteiger partial charge in [-0.05, 0) is 54.1 Å². The Balaban J connectivity index is 1.53. The molecule has 0 saturated carbocycles. The number of amides is 2. The lowest BCUT2D eigenvalue weighted by Crippen LogP contribution is -2.28. The Morgan fingerprint density at radius 1 is 1.07 bits per heavy atom. The number of rotatable bonds is 5. The van der Waals surface area contributed by atoms with Crippen LogP contribution in [0.5, 0.6) is 5.75 Å². The monoisotopic (exact) mass is 422 g/mol. The Hall–Kier alpha value is -3.32. The van der Waals surface area contributed by atoms with Crippen molar-refractivity contribution in [2.45, 2.75) is 5.37 Å². The molecule has 4 rings (SSSR count). The number of hydrogen-bond acceptors (Lipinski definition) is 4. The minimum Gasteiger partial charge on any atom is -0.495 e. The van der Waals surface area contributed by atoms with Crippen molar-refractivity contribution < 1.29 is 18.7 Å². The van der Waals surface area contributed by atoms with Crippen molar-refractivity contribution in [2.75, 3.05) is 23.1 Å². The summed E-state index contributed by atoms with van der Waals surface area (Å²) in [5.41, 5.74) is 2.66. The van der Waals surface area contributed by atoms with Crippen LogP contribution < -0.4 is 15.0 Å². The molecule has 152 valence electrons. The summed E-state index contributed by atoms with van der Waals surface area (Å²) >= 11 is 1.54. The van der Waals surface area contributed by atoms with Crippen LogP contribution in [0.25, 0.3) is 0 Å². The van der Waals surface area contributed by atoms with Crippen molar-refractivity contribution in [3.8, 4) is 5.75 Å². The molecule has 2 amide bonds. The van der Waals surface area contributed by atoms with Crippen molar-refractivity contribution >= 4 is 35.0 Å². The molecule has 1 fully saturated rings. The number of carbonyl (C=O) groups excluding carboxylic acids is 2. The zero-order valence-corrected chi connectivity index (χ0v) is 17.0. The largest absolute Gasteiger partial charge is 0.495 e. The van der Waals surface area contributed by atoms with Crippen molar-refractivity contribution in [3.05, 3.63) is 89.7 Å². The smallest absolute Gasteiger partial charge is 0.255 e. The highest BCUT2D eigenvalue weighted by Gasteiger charge is 2.35. The lowest BCUT2D eigenvalue weighted by Gasteiger charge is -2.26. The molecule has 1 N–H and O–H groups in total. The molecule has 0 spiro atoms. The molecule has 0 bridgehead atoms. The van der Waals surface area contributed by atoms with E-state index < -0.39 is 0 Å². The average molecular weight is 422 g/mol. The van der Waals surface area contributed by atoms with E-state index in [9.17, 15) is 14.0 Å². The van der Waals surface area contributed by atoms with Gasteiger partial charge >= 0.3 is 0 Å². The van der Waals surface area contributed by atoms with Gasteiger partial charge in [-0.2, -0.15) is 0 Å². The number of nitrogens with one attached hydrogen (secondary N) is 1. The molecule has 1 heterocycles. The molecule has 5 nitrogen and oxygen atoms in total. The van der Waals surface area contributed by atoms with Crippen LogP contribution in [0.2, 0.25) is 0 Å². The fourth-order valence-electron chi connectivity index (χ4n) is 3.30. The molecule has 3 aromatic carbocycles. The Kier molecular flexibility index (Phi) is 5.72. The average Bonchev–Trinajstić information content (AvgIpc) is 3.15. The molecular weight excluding hydrogens is 403 g/mol.